The van der Waals surface area contributed by atoms with Crippen LogP contribution < -0.4 is 16.6 Å². The first-order valence-electron chi connectivity index (χ1n) is 7.31. The van der Waals surface area contributed by atoms with Crippen molar-refractivity contribution in [3.63, 3.8) is 0 Å². The molecule has 0 aliphatic heterocycles. The van der Waals surface area contributed by atoms with Gasteiger partial charge < -0.3 is 16.0 Å². The number of halogens is 4. The molecule has 11 heteroatoms. The van der Waals surface area contributed by atoms with Gasteiger partial charge in [-0.3, -0.25) is 9.59 Å². The maximum absolute atomic E-state index is 12.8. The number of nitrogen functional groups attached to an aromatic ring is 1. The fourth-order valence-electron chi connectivity index (χ4n) is 1.98. The minimum Gasteiger partial charge on any atom is -0.383 e. The van der Waals surface area contributed by atoms with Crippen LogP contribution in [0.4, 0.5) is 24.7 Å². The van der Waals surface area contributed by atoms with Crippen LogP contribution in [0.2, 0.25) is 5.02 Å². The molecule has 1 aromatic carbocycles. The Balaban J connectivity index is 2.20. The van der Waals surface area contributed by atoms with E-state index in [9.17, 15) is 22.8 Å². The summed E-state index contributed by atoms with van der Waals surface area (Å²) in [5.41, 5.74) is 3.92. The Morgan fingerprint density at radius 2 is 2.12 bits per heavy atom. The monoisotopic (exact) mass is 406 g/mol. The second-order valence-electron chi connectivity index (χ2n) is 5.17. The number of aromatic nitrogens is 2. The maximum Gasteiger partial charge on any atom is 0.416 e. The maximum atomic E-state index is 12.8. The number of anilines is 2. The van der Waals surface area contributed by atoms with Crippen molar-refractivity contribution in [1.82, 2.24) is 9.97 Å². The second kappa shape index (κ2) is 8.00. The fourth-order valence-corrected chi connectivity index (χ4v) is 3.06. The standard InChI is InChI=1S/C15H14ClF3N4O2S/c1-2-10(26-14-22-11(20)6-12(24)23-14)13(25)21-9-5-7(15(17,18)19)3-4-8(9)16/h3-6,10H,2H2,1H3,(H,21,25)(H3,20,22,23,24). The SMILES string of the molecule is CCC(Sc1nc(N)cc(=O)[nH]1)C(=O)Nc1cc(C(F)(F)F)ccc1Cl. The molecular weight excluding hydrogens is 393 g/mol. The molecule has 2 aromatic rings. The van der Waals surface area contributed by atoms with E-state index >= 15 is 0 Å². The molecule has 0 aliphatic carbocycles. The molecule has 1 atom stereocenters. The van der Waals surface area contributed by atoms with Crippen LogP contribution in [0.1, 0.15) is 18.9 Å². The molecule has 1 unspecified atom stereocenters. The lowest BCUT2D eigenvalue weighted by molar-refractivity contribution is -0.137. The summed E-state index contributed by atoms with van der Waals surface area (Å²) in [7, 11) is 0. The molecule has 1 aromatic heterocycles. The number of H-pyrrole nitrogens is 1. The third kappa shape index (κ3) is 5.15. The van der Waals surface area contributed by atoms with Crippen molar-refractivity contribution in [2.24, 2.45) is 0 Å². The summed E-state index contributed by atoms with van der Waals surface area (Å²) in [4.78, 5) is 30.2. The van der Waals surface area contributed by atoms with Crippen LogP contribution in [0.15, 0.2) is 34.2 Å². The van der Waals surface area contributed by atoms with E-state index in [1.165, 1.54) is 0 Å². The van der Waals surface area contributed by atoms with Gasteiger partial charge in [0.15, 0.2) is 5.16 Å². The summed E-state index contributed by atoms with van der Waals surface area (Å²) in [5, 5.41) is 1.75. The zero-order chi connectivity index (χ0) is 19.5. The Morgan fingerprint density at radius 3 is 2.69 bits per heavy atom. The van der Waals surface area contributed by atoms with E-state index in [-0.39, 0.29) is 21.7 Å². The summed E-state index contributed by atoms with van der Waals surface area (Å²) < 4.78 is 38.4. The van der Waals surface area contributed by atoms with E-state index in [0.717, 1.165) is 36.0 Å². The number of amides is 1. The molecule has 1 heterocycles. The molecule has 1 amide bonds. The van der Waals surface area contributed by atoms with Gasteiger partial charge in [-0.15, -0.1) is 0 Å². The molecule has 140 valence electrons. The van der Waals surface area contributed by atoms with Gasteiger partial charge in [-0.05, 0) is 24.6 Å². The van der Waals surface area contributed by atoms with Crippen LogP contribution in [-0.2, 0) is 11.0 Å². The molecule has 0 aliphatic rings. The van der Waals surface area contributed by atoms with Crippen LogP contribution in [-0.4, -0.2) is 21.1 Å². The van der Waals surface area contributed by atoms with Crippen molar-refractivity contribution in [3.05, 3.63) is 45.2 Å². The zero-order valence-corrected chi connectivity index (χ0v) is 14.9. The number of rotatable bonds is 5. The molecule has 0 bridgehead atoms. The Hall–Kier alpha value is -2.20. The van der Waals surface area contributed by atoms with Crippen LogP contribution in [0.25, 0.3) is 0 Å². The topological polar surface area (TPSA) is 101 Å². The molecular formula is C15H14ClF3N4O2S. The third-order valence-corrected chi connectivity index (χ3v) is 4.79. The number of thioether (sulfide) groups is 1. The summed E-state index contributed by atoms with van der Waals surface area (Å²) in [6.45, 7) is 1.70. The molecule has 2 rings (SSSR count). The first-order valence-corrected chi connectivity index (χ1v) is 8.57. The number of alkyl halides is 3. The highest BCUT2D eigenvalue weighted by Gasteiger charge is 2.31. The molecule has 0 saturated carbocycles. The number of hydrogen-bond acceptors (Lipinski definition) is 5. The van der Waals surface area contributed by atoms with Gasteiger partial charge in [0.2, 0.25) is 5.91 Å². The van der Waals surface area contributed by atoms with E-state index < -0.39 is 28.5 Å². The number of nitrogens with zero attached hydrogens (tertiary/aromatic N) is 1. The number of aromatic amines is 1. The van der Waals surface area contributed by atoms with Gasteiger partial charge in [-0.2, -0.15) is 13.2 Å². The summed E-state index contributed by atoms with van der Waals surface area (Å²) in [6.07, 6.45) is -4.24. The van der Waals surface area contributed by atoms with Crippen LogP contribution >= 0.6 is 23.4 Å². The van der Waals surface area contributed by atoms with Gasteiger partial charge in [-0.1, -0.05) is 30.3 Å². The summed E-state index contributed by atoms with van der Waals surface area (Å²) in [5.74, 6) is -0.587. The van der Waals surface area contributed by atoms with Gasteiger partial charge in [-0.25, -0.2) is 4.98 Å². The molecule has 6 nitrogen and oxygen atoms in total. The minimum atomic E-state index is -4.56. The first-order chi connectivity index (χ1) is 12.1. The van der Waals surface area contributed by atoms with E-state index in [0.29, 0.717) is 6.42 Å². The van der Waals surface area contributed by atoms with Crippen molar-refractivity contribution < 1.29 is 18.0 Å². The van der Waals surface area contributed by atoms with Crippen LogP contribution in [0.3, 0.4) is 0 Å². The van der Waals surface area contributed by atoms with Crippen molar-refractivity contribution in [2.45, 2.75) is 29.9 Å². The normalized spacial score (nSPS) is 12.7. The quantitative estimate of drug-likeness (QED) is 0.521. The number of hydrogen-bond donors (Lipinski definition) is 3. The Kier molecular flexibility index (Phi) is 6.19. The number of nitrogens with two attached hydrogens (primary N) is 1. The Bertz CT molecular complexity index is 873. The highest BCUT2D eigenvalue weighted by atomic mass is 35.5. The van der Waals surface area contributed by atoms with E-state index in [1.807, 2.05) is 0 Å². The highest BCUT2D eigenvalue weighted by molar-refractivity contribution is 8.00. The lowest BCUT2D eigenvalue weighted by atomic mass is 10.2. The first kappa shape index (κ1) is 20.1. The second-order valence-corrected chi connectivity index (χ2v) is 6.77. The lowest BCUT2D eigenvalue weighted by Gasteiger charge is -2.16. The van der Waals surface area contributed by atoms with Gasteiger partial charge in [0.1, 0.15) is 5.82 Å². The molecule has 26 heavy (non-hydrogen) atoms. The minimum absolute atomic E-state index is 0.00701. The lowest BCUT2D eigenvalue weighted by Crippen LogP contribution is -2.25. The van der Waals surface area contributed by atoms with Gasteiger partial charge in [0.05, 0.1) is 21.5 Å². The van der Waals surface area contributed by atoms with Gasteiger partial charge in [0.25, 0.3) is 5.56 Å². The summed E-state index contributed by atoms with van der Waals surface area (Å²) >= 11 is 6.81. The number of benzene rings is 1. The van der Waals surface area contributed by atoms with Gasteiger partial charge in [0, 0.05) is 6.07 Å². The molecule has 4 N–H and O–H groups in total. The van der Waals surface area contributed by atoms with E-state index in [1.54, 1.807) is 6.92 Å². The molecule has 0 saturated heterocycles. The summed E-state index contributed by atoms with van der Waals surface area (Å²) in [6, 6.07) is 3.74. The van der Waals surface area contributed by atoms with E-state index in [4.69, 9.17) is 17.3 Å². The largest absolute Gasteiger partial charge is 0.416 e. The average molecular weight is 407 g/mol. The van der Waals surface area contributed by atoms with Crippen molar-refractivity contribution >= 4 is 40.8 Å². The number of nitrogens with one attached hydrogen (secondary N) is 2. The Labute approximate surface area is 155 Å². The Morgan fingerprint density at radius 1 is 1.42 bits per heavy atom. The fraction of sp³-hybridized carbons (Fsp3) is 0.267. The average Bonchev–Trinajstić information content (AvgIpc) is 2.52. The highest BCUT2D eigenvalue weighted by Crippen LogP contribution is 2.34. The van der Waals surface area contributed by atoms with Crippen molar-refractivity contribution in [3.8, 4) is 0 Å². The predicted molar refractivity (Wildman–Crippen MR) is 94.3 cm³/mol. The van der Waals surface area contributed by atoms with Crippen molar-refractivity contribution in [1.29, 1.82) is 0 Å². The van der Waals surface area contributed by atoms with Crippen LogP contribution in [0, 0.1) is 0 Å². The smallest absolute Gasteiger partial charge is 0.383 e. The van der Waals surface area contributed by atoms with E-state index in [2.05, 4.69) is 15.3 Å². The number of carbonyl (C=O) groups excluding carboxylic acids is 1. The third-order valence-electron chi connectivity index (χ3n) is 3.21. The molecule has 0 radical (unpaired) electrons. The predicted octanol–water partition coefficient (Wildman–Crippen LogP) is 3.53. The molecule has 0 fully saturated rings. The van der Waals surface area contributed by atoms with Crippen LogP contribution in [0.5, 0.6) is 0 Å². The number of carbonyl (C=O) groups is 1. The molecule has 0 spiro atoms. The van der Waals surface area contributed by atoms with Crippen molar-refractivity contribution in [2.75, 3.05) is 11.1 Å². The zero-order valence-electron chi connectivity index (χ0n) is 13.4. The van der Waals surface area contributed by atoms with Gasteiger partial charge >= 0.3 is 6.18 Å².